The molecule has 106 valence electrons. The smallest absolute Gasteiger partial charge is 0.337 e. The molecule has 0 aromatic carbocycles. The van der Waals surface area contributed by atoms with Crippen LogP contribution in [0.1, 0.15) is 30.6 Å². The predicted octanol–water partition coefficient (Wildman–Crippen LogP) is 2.58. The Morgan fingerprint density at radius 1 is 1.63 bits per heavy atom. The van der Waals surface area contributed by atoms with E-state index in [9.17, 15) is 4.79 Å². The van der Waals surface area contributed by atoms with Gasteiger partial charge in [-0.25, -0.2) is 9.78 Å². The van der Waals surface area contributed by atoms with E-state index in [4.69, 9.17) is 16.7 Å². The van der Waals surface area contributed by atoms with Crippen molar-refractivity contribution in [2.45, 2.75) is 26.3 Å². The summed E-state index contributed by atoms with van der Waals surface area (Å²) in [6, 6.07) is 1.98. The van der Waals surface area contributed by atoms with Crippen LogP contribution in [-0.2, 0) is 0 Å². The molecule has 1 heterocycles. The Bertz CT molecular complexity index is 440. The molecule has 0 fully saturated rings. The second-order valence-electron chi connectivity index (χ2n) is 4.52. The molecule has 6 heteroatoms. The quantitative estimate of drug-likeness (QED) is 0.806. The summed E-state index contributed by atoms with van der Waals surface area (Å²) in [5.74, 6) is -0.522. The summed E-state index contributed by atoms with van der Waals surface area (Å²) in [6.07, 6.45) is 2.45. The van der Waals surface area contributed by atoms with Crippen LogP contribution in [0.4, 0.5) is 5.82 Å². The van der Waals surface area contributed by atoms with Gasteiger partial charge in [0.15, 0.2) is 0 Å². The lowest BCUT2D eigenvalue weighted by Crippen LogP contribution is -2.32. The van der Waals surface area contributed by atoms with Crippen molar-refractivity contribution in [2.75, 3.05) is 25.5 Å². The van der Waals surface area contributed by atoms with Crippen LogP contribution in [-0.4, -0.2) is 47.1 Å². The van der Waals surface area contributed by atoms with E-state index in [-0.39, 0.29) is 10.6 Å². The van der Waals surface area contributed by atoms with Gasteiger partial charge < -0.3 is 15.3 Å². The third-order valence-electron chi connectivity index (χ3n) is 3.20. The first-order valence-corrected chi connectivity index (χ1v) is 6.66. The molecule has 0 radical (unpaired) electrons. The number of likely N-dealkylation sites (N-methyl/N-ethyl adjacent to an activating group) is 1. The Hall–Kier alpha value is -1.33. The van der Waals surface area contributed by atoms with Crippen LogP contribution in [0.25, 0.3) is 0 Å². The van der Waals surface area contributed by atoms with Crippen molar-refractivity contribution in [2.24, 2.45) is 0 Å². The highest BCUT2D eigenvalue weighted by Crippen LogP contribution is 2.17. The van der Waals surface area contributed by atoms with Gasteiger partial charge in [-0.15, -0.1) is 0 Å². The molecule has 5 nitrogen and oxygen atoms in total. The number of hydrogen-bond donors (Lipinski definition) is 2. The number of carboxylic acid groups (broad SMARTS) is 1. The molecule has 1 aromatic heterocycles. The number of halogens is 1. The van der Waals surface area contributed by atoms with Crippen LogP contribution in [0.15, 0.2) is 12.3 Å². The van der Waals surface area contributed by atoms with E-state index in [2.05, 4.69) is 36.1 Å². The normalized spacial score (nSPS) is 12.5. The van der Waals surface area contributed by atoms with E-state index in [0.29, 0.717) is 18.4 Å². The Labute approximate surface area is 118 Å². The second kappa shape index (κ2) is 7.31. The number of rotatable bonds is 7. The number of pyridine rings is 1. The van der Waals surface area contributed by atoms with Crippen molar-refractivity contribution in [3.05, 3.63) is 22.8 Å². The molecule has 2 N–H and O–H groups in total. The highest BCUT2D eigenvalue weighted by Gasteiger charge is 2.10. The fourth-order valence-electron chi connectivity index (χ4n) is 1.59. The lowest BCUT2D eigenvalue weighted by molar-refractivity contribution is 0.0697. The number of nitrogens with zero attached hydrogens (tertiary/aromatic N) is 2. The van der Waals surface area contributed by atoms with Gasteiger partial charge in [-0.3, -0.25) is 0 Å². The third-order valence-corrected chi connectivity index (χ3v) is 3.50. The molecule has 0 amide bonds. The number of aromatic nitrogens is 1. The maximum absolute atomic E-state index is 10.9. The summed E-state index contributed by atoms with van der Waals surface area (Å²) in [4.78, 5) is 17.2. The van der Waals surface area contributed by atoms with Gasteiger partial charge in [-0.2, -0.15) is 0 Å². The molecule has 1 atom stereocenters. The number of carbonyl (C=O) groups is 1. The zero-order valence-electron chi connectivity index (χ0n) is 11.5. The number of carboxylic acids is 1. The maximum atomic E-state index is 10.9. The largest absolute Gasteiger partial charge is 0.478 e. The van der Waals surface area contributed by atoms with Crippen LogP contribution >= 0.6 is 11.6 Å². The van der Waals surface area contributed by atoms with E-state index in [0.717, 1.165) is 13.0 Å². The zero-order chi connectivity index (χ0) is 14.4. The third kappa shape index (κ3) is 4.69. The van der Waals surface area contributed by atoms with Crippen molar-refractivity contribution in [1.29, 1.82) is 0 Å². The molecule has 19 heavy (non-hydrogen) atoms. The molecule has 0 aliphatic rings. The Morgan fingerprint density at radius 3 is 2.89 bits per heavy atom. The topological polar surface area (TPSA) is 65.5 Å². The first kappa shape index (κ1) is 15.7. The highest BCUT2D eigenvalue weighted by atomic mass is 35.5. The Kier molecular flexibility index (Phi) is 6.05. The summed E-state index contributed by atoms with van der Waals surface area (Å²) >= 11 is 5.76. The van der Waals surface area contributed by atoms with Gasteiger partial charge >= 0.3 is 5.97 Å². The SMILES string of the molecule is CCC(C)N(C)CCNc1cc(C(=O)O)c(Cl)cn1. The second-order valence-corrected chi connectivity index (χ2v) is 4.93. The van der Waals surface area contributed by atoms with E-state index >= 15 is 0 Å². The van der Waals surface area contributed by atoms with Crippen molar-refractivity contribution >= 4 is 23.4 Å². The number of hydrogen-bond acceptors (Lipinski definition) is 4. The van der Waals surface area contributed by atoms with E-state index in [1.807, 2.05) is 0 Å². The van der Waals surface area contributed by atoms with E-state index < -0.39 is 5.97 Å². The number of nitrogens with one attached hydrogen (secondary N) is 1. The van der Waals surface area contributed by atoms with Gasteiger partial charge in [0.05, 0.1) is 10.6 Å². The summed E-state index contributed by atoms with van der Waals surface area (Å²) in [5.41, 5.74) is 0.0643. The summed E-state index contributed by atoms with van der Waals surface area (Å²) in [6.45, 7) is 5.88. The van der Waals surface area contributed by atoms with Crippen LogP contribution in [0.5, 0.6) is 0 Å². The minimum atomic E-state index is -1.05. The molecule has 0 aliphatic heterocycles. The van der Waals surface area contributed by atoms with E-state index in [1.165, 1.54) is 12.3 Å². The molecule has 0 saturated carbocycles. The van der Waals surface area contributed by atoms with Crippen LogP contribution < -0.4 is 5.32 Å². The van der Waals surface area contributed by atoms with Crippen molar-refractivity contribution in [3.8, 4) is 0 Å². The first-order valence-electron chi connectivity index (χ1n) is 6.28. The van der Waals surface area contributed by atoms with Gasteiger partial charge in [0.2, 0.25) is 0 Å². The predicted molar refractivity (Wildman–Crippen MR) is 77.1 cm³/mol. The molecule has 0 spiro atoms. The lowest BCUT2D eigenvalue weighted by Gasteiger charge is -2.23. The van der Waals surface area contributed by atoms with Crippen LogP contribution in [0, 0.1) is 0 Å². The first-order chi connectivity index (χ1) is 8.95. The van der Waals surface area contributed by atoms with E-state index in [1.54, 1.807) is 0 Å². The van der Waals surface area contributed by atoms with Gasteiger partial charge in [-0.1, -0.05) is 18.5 Å². The maximum Gasteiger partial charge on any atom is 0.337 e. The average molecular weight is 286 g/mol. The summed E-state index contributed by atoms with van der Waals surface area (Å²) < 4.78 is 0. The molecule has 0 saturated heterocycles. The Balaban J connectivity index is 2.54. The van der Waals surface area contributed by atoms with Crippen LogP contribution in [0.3, 0.4) is 0 Å². The standard InChI is InChI=1S/C13H20ClN3O2/c1-4-9(2)17(3)6-5-15-12-7-10(13(18)19)11(14)8-16-12/h7-9H,4-6H2,1-3H3,(H,15,16)(H,18,19). The molecular formula is C13H20ClN3O2. The summed E-state index contributed by atoms with van der Waals surface area (Å²) in [5, 5.41) is 12.2. The van der Waals surface area contributed by atoms with Crippen molar-refractivity contribution in [3.63, 3.8) is 0 Å². The average Bonchev–Trinajstić information content (AvgIpc) is 2.39. The molecular weight excluding hydrogens is 266 g/mol. The lowest BCUT2D eigenvalue weighted by atomic mass is 10.2. The van der Waals surface area contributed by atoms with Gasteiger partial charge in [0.1, 0.15) is 5.82 Å². The zero-order valence-corrected chi connectivity index (χ0v) is 12.2. The highest BCUT2D eigenvalue weighted by molar-refractivity contribution is 6.33. The Morgan fingerprint density at radius 2 is 2.32 bits per heavy atom. The fourth-order valence-corrected chi connectivity index (χ4v) is 1.78. The number of anilines is 1. The minimum Gasteiger partial charge on any atom is -0.478 e. The molecule has 0 aliphatic carbocycles. The van der Waals surface area contributed by atoms with Crippen LogP contribution in [0.2, 0.25) is 5.02 Å². The van der Waals surface area contributed by atoms with Crippen molar-refractivity contribution < 1.29 is 9.90 Å². The van der Waals surface area contributed by atoms with Gasteiger partial charge in [0.25, 0.3) is 0 Å². The number of aromatic carboxylic acids is 1. The van der Waals surface area contributed by atoms with Crippen molar-refractivity contribution in [1.82, 2.24) is 9.88 Å². The molecule has 0 bridgehead atoms. The van der Waals surface area contributed by atoms with Gasteiger partial charge in [-0.05, 0) is 26.5 Å². The molecule has 1 unspecified atom stereocenters. The molecule has 1 aromatic rings. The summed E-state index contributed by atoms with van der Waals surface area (Å²) in [7, 11) is 2.06. The monoisotopic (exact) mass is 285 g/mol. The minimum absolute atomic E-state index is 0.0643. The molecule has 1 rings (SSSR count). The fraction of sp³-hybridized carbons (Fsp3) is 0.538. The van der Waals surface area contributed by atoms with Gasteiger partial charge in [0, 0.05) is 25.3 Å².